The normalized spacial score (nSPS) is 11.8. The first-order chi connectivity index (χ1) is 5.99. The van der Waals surface area contributed by atoms with Crippen molar-refractivity contribution in [1.82, 2.24) is 0 Å². The van der Waals surface area contributed by atoms with Crippen molar-refractivity contribution < 1.29 is 13.2 Å². The summed E-state index contributed by atoms with van der Waals surface area (Å²) in [6.07, 6.45) is -2.31. The second-order valence-corrected chi connectivity index (χ2v) is 10.9. The van der Waals surface area contributed by atoms with Gasteiger partial charge in [0.05, 0.1) is 0 Å². The zero-order chi connectivity index (χ0) is 10.3. The van der Waals surface area contributed by atoms with Gasteiger partial charge in [0.15, 0.2) is 0 Å². The fraction of sp³-hybridized carbons (Fsp3) is 1.00. The van der Waals surface area contributed by atoms with Crippen LogP contribution in [0.15, 0.2) is 0 Å². The predicted molar refractivity (Wildman–Crippen MR) is 51.4 cm³/mol. The molecule has 0 nitrogen and oxygen atoms in total. The number of hydrogen-bond donors (Lipinski definition) is 0. The molecule has 13 heavy (non-hydrogen) atoms. The molecule has 0 unspecified atom stereocenters. The minimum absolute atomic E-state index is 0.498. The van der Waals surface area contributed by atoms with E-state index in [9.17, 15) is 13.2 Å². The molecule has 78 valence electrons. The van der Waals surface area contributed by atoms with Crippen molar-refractivity contribution in [3.63, 3.8) is 0 Å². The fourth-order valence-corrected chi connectivity index (χ4v) is 8.40. The molecule has 0 N–H and O–H groups in total. The Hall–Kier alpha value is 0.426. The molecule has 0 aliphatic carbocycles. The van der Waals surface area contributed by atoms with Gasteiger partial charge in [0.25, 0.3) is 0 Å². The summed E-state index contributed by atoms with van der Waals surface area (Å²) in [5.41, 5.74) is 0. The van der Waals surface area contributed by atoms with E-state index in [-0.39, 0.29) is 0 Å². The summed E-state index contributed by atoms with van der Waals surface area (Å²) in [4.78, 5) is 2.74. The summed E-state index contributed by atoms with van der Waals surface area (Å²) in [5.74, 6) is 0. The third-order valence-corrected chi connectivity index (χ3v) is 10.4. The molecule has 0 saturated carbocycles. The average molecular weight is 253 g/mol. The second kappa shape index (κ2) is 6.82. The maximum absolute atomic E-state index is 11.9. The van der Waals surface area contributed by atoms with Crippen LogP contribution in [-0.4, -0.2) is 22.4 Å². The van der Waals surface area contributed by atoms with E-state index in [0.29, 0.717) is 4.98 Å². The summed E-state index contributed by atoms with van der Waals surface area (Å²) in [6.45, 7) is 4.14. The molecule has 0 spiro atoms. The molecular weight excluding hydrogens is 235 g/mol. The molecule has 0 saturated heterocycles. The SMILES string of the molecule is CC[CH2][Ga]([CH2]CC)[CH2]CC(F)(F)F. The van der Waals surface area contributed by atoms with E-state index in [1.165, 1.54) is 0 Å². The maximum atomic E-state index is 11.9. The van der Waals surface area contributed by atoms with Gasteiger partial charge in [0, 0.05) is 0 Å². The number of hydrogen-bond acceptors (Lipinski definition) is 0. The molecule has 0 aliphatic heterocycles. The summed E-state index contributed by atoms with van der Waals surface area (Å²) in [6, 6.07) is 0. The molecule has 0 rings (SSSR count). The third-order valence-electron chi connectivity index (χ3n) is 2.23. The van der Waals surface area contributed by atoms with Crippen LogP contribution in [0.1, 0.15) is 33.1 Å². The first-order valence-electron chi connectivity index (χ1n) is 5.06. The van der Waals surface area contributed by atoms with Crippen LogP contribution < -0.4 is 0 Å². The van der Waals surface area contributed by atoms with Gasteiger partial charge in [-0.2, -0.15) is 0 Å². The Morgan fingerprint density at radius 3 is 1.69 bits per heavy atom. The molecule has 0 atom stereocenters. The van der Waals surface area contributed by atoms with Crippen LogP contribution in [-0.2, 0) is 0 Å². The van der Waals surface area contributed by atoms with Crippen molar-refractivity contribution in [3.8, 4) is 0 Å². The van der Waals surface area contributed by atoms with Gasteiger partial charge in [0.1, 0.15) is 0 Å². The number of halogens is 3. The Balaban J connectivity index is 3.68. The Labute approximate surface area is 83.9 Å². The first kappa shape index (κ1) is 13.4. The van der Waals surface area contributed by atoms with Crippen LogP contribution >= 0.6 is 0 Å². The Bertz CT molecular complexity index is 117. The van der Waals surface area contributed by atoms with Gasteiger partial charge in [-0.05, 0) is 0 Å². The molecule has 0 aromatic rings. The molecule has 0 radical (unpaired) electrons. The van der Waals surface area contributed by atoms with Crippen LogP contribution in [0.2, 0.25) is 14.9 Å². The molecule has 0 aromatic heterocycles. The number of rotatable bonds is 6. The van der Waals surface area contributed by atoms with Crippen molar-refractivity contribution in [3.05, 3.63) is 0 Å². The number of alkyl halides is 3. The Kier molecular flexibility index (Phi) is 7.04. The van der Waals surface area contributed by atoms with E-state index < -0.39 is 28.8 Å². The van der Waals surface area contributed by atoms with Gasteiger partial charge < -0.3 is 0 Å². The summed E-state index contributed by atoms with van der Waals surface area (Å²) >= 11 is -1.52. The van der Waals surface area contributed by atoms with Crippen molar-refractivity contribution in [2.45, 2.75) is 54.2 Å². The average Bonchev–Trinajstić information content (AvgIpc) is 2.00. The van der Waals surface area contributed by atoms with Crippen LogP contribution in [0.5, 0.6) is 0 Å². The summed E-state index contributed by atoms with van der Waals surface area (Å²) < 4.78 is 35.8. The van der Waals surface area contributed by atoms with Gasteiger partial charge in [-0.3, -0.25) is 0 Å². The summed E-state index contributed by atoms with van der Waals surface area (Å²) in [5, 5.41) is 0. The molecule has 0 heterocycles. The fourth-order valence-electron chi connectivity index (χ4n) is 1.62. The molecule has 0 fully saturated rings. The minimum atomic E-state index is -3.93. The van der Waals surface area contributed by atoms with Crippen LogP contribution in [0, 0.1) is 0 Å². The molecule has 0 bridgehead atoms. The van der Waals surface area contributed by atoms with Crippen LogP contribution in [0.3, 0.4) is 0 Å². The van der Waals surface area contributed by atoms with E-state index in [4.69, 9.17) is 0 Å². The van der Waals surface area contributed by atoms with Crippen molar-refractivity contribution in [1.29, 1.82) is 0 Å². The first-order valence-corrected chi connectivity index (χ1v) is 10.2. The monoisotopic (exact) mass is 252 g/mol. The van der Waals surface area contributed by atoms with Gasteiger partial charge in [0.2, 0.25) is 0 Å². The predicted octanol–water partition coefficient (Wildman–Crippen LogP) is 4.25. The van der Waals surface area contributed by atoms with Gasteiger partial charge in [-0.15, -0.1) is 0 Å². The van der Waals surface area contributed by atoms with Gasteiger partial charge >= 0.3 is 83.6 Å². The van der Waals surface area contributed by atoms with E-state index in [2.05, 4.69) is 13.8 Å². The van der Waals surface area contributed by atoms with E-state index in [0.717, 1.165) is 22.8 Å². The zero-order valence-corrected chi connectivity index (χ0v) is 10.9. The van der Waals surface area contributed by atoms with Crippen LogP contribution in [0.4, 0.5) is 13.2 Å². The standard InChI is InChI=1S/C3H4F3.2C3H7.Ga/c1-2-3(4,5)6;2*1-3-2;/h1-2H2;2*1,3H2,2H3;. The molecule has 4 heteroatoms. The van der Waals surface area contributed by atoms with Crippen molar-refractivity contribution in [2.75, 3.05) is 0 Å². The molecular formula is C9H18F3Ga. The summed E-state index contributed by atoms with van der Waals surface area (Å²) in [7, 11) is 0. The third kappa shape index (κ3) is 8.75. The van der Waals surface area contributed by atoms with E-state index in [1.807, 2.05) is 0 Å². The van der Waals surface area contributed by atoms with Crippen LogP contribution in [0.25, 0.3) is 0 Å². The van der Waals surface area contributed by atoms with E-state index in [1.54, 1.807) is 0 Å². The zero-order valence-electron chi connectivity index (χ0n) is 8.45. The molecule has 0 aliphatic rings. The Morgan fingerprint density at radius 1 is 0.923 bits per heavy atom. The van der Waals surface area contributed by atoms with E-state index >= 15 is 0 Å². The van der Waals surface area contributed by atoms with Gasteiger partial charge in [-0.25, -0.2) is 0 Å². The second-order valence-electron chi connectivity index (χ2n) is 3.60. The molecule has 0 amide bonds. The van der Waals surface area contributed by atoms with Gasteiger partial charge in [-0.1, -0.05) is 0 Å². The topological polar surface area (TPSA) is 0 Å². The Morgan fingerprint density at radius 2 is 1.38 bits per heavy atom. The van der Waals surface area contributed by atoms with Crippen molar-refractivity contribution in [2.24, 2.45) is 0 Å². The van der Waals surface area contributed by atoms with Crippen molar-refractivity contribution >= 4 is 16.2 Å². The molecule has 0 aromatic carbocycles. The quantitative estimate of drug-likeness (QED) is 0.620.